The molecule has 1 amide bonds. The number of carbonyl (C=O) groups excluding carboxylic acids is 1. The first-order valence-corrected chi connectivity index (χ1v) is 9.61. The molecule has 28 heavy (non-hydrogen) atoms. The van der Waals surface area contributed by atoms with Crippen LogP contribution < -0.4 is 19.5 Å². The average Bonchev–Trinajstić information content (AvgIpc) is 3.21. The van der Waals surface area contributed by atoms with Crippen molar-refractivity contribution < 1.29 is 19.0 Å². The Balaban J connectivity index is 1.58. The number of benzene rings is 2. The summed E-state index contributed by atoms with van der Waals surface area (Å²) in [5.74, 6) is 1.95. The molecule has 2 aromatic carbocycles. The first-order chi connectivity index (χ1) is 13.6. The highest BCUT2D eigenvalue weighted by Gasteiger charge is 2.11. The molecule has 7 heteroatoms. The fourth-order valence-corrected chi connectivity index (χ4v) is 3.46. The Bertz CT molecular complexity index is 938. The second-order valence-electron chi connectivity index (χ2n) is 5.97. The van der Waals surface area contributed by atoms with Gasteiger partial charge in [0, 0.05) is 29.9 Å². The van der Waals surface area contributed by atoms with Gasteiger partial charge in [-0.05, 0) is 36.4 Å². The summed E-state index contributed by atoms with van der Waals surface area (Å²) in [5.41, 5.74) is 2.54. The number of hydrogen-bond acceptors (Lipinski definition) is 6. The number of amides is 1. The van der Waals surface area contributed by atoms with Gasteiger partial charge in [0.15, 0.2) is 0 Å². The molecule has 0 aliphatic rings. The number of carbonyl (C=O) groups is 1. The zero-order chi connectivity index (χ0) is 19.9. The third-order valence-corrected chi connectivity index (χ3v) is 5.09. The van der Waals surface area contributed by atoms with Crippen LogP contribution in [0.25, 0.3) is 11.3 Å². The van der Waals surface area contributed by atoms with Crippen molar-refractivity contribution in [2.24, 2.45) is 0 Å². The third-order valence-electron chi connectivity index (χ3n) is 4.19. The van der Waals surface area contributed by atoms with Crippen LogP contribution in [0.15, 0.2) is 47.8 Å². The molecule has 0 bridgehead atoms. The molecule has 1 heterocycles. The Morgan fingerprint density at radius 2 is 1.71 bits per heavy atom. The topological polar surface area (TPSA) is 69.7 Å². The number of nitrogens with one attached hydrogen (secondary N) is 1. The maximum atomic E-state index is 12.3. The number of anilines is 1. The van der Waals surface area contributed by atoms with Gasteiger partial charge in [0.05, 0.1) is 37.7 Å². The number of hydrogen-bond donors (Lipinski definition) is 1. The van der Waals surface area contributed by atoms with Crippen molar-refractivity contribution in [3.05, 3.63) is 52.9 Å². The summed E-state index contributed by atoms with van der Waals surface area (Å²) in [5, 5.41) is 5.80. The fourth-order valence-electron chi connectivity index (χ4n) is 2.66. The minimum Gasteiger partial charge on any atom is -0.497 e. The van der Waals surface area contributed by atoms with Crippen LogP contribution in [-0.4, -0.2) is 32.2 Å². The zero-order valence-corrected chi connectivity index (χ0v) is 16.8. The van der Waals surface area contributed by atoms with Gasteiger partial charge >= 0.3 is 0 Å². The zero-order valence-electron chi connectivity index (χ0n) is 16.0. The summed E-state index contributed by atoms with van der Waals surface area (Å²) in [6.45, 7) is 0. The van der Waals surface area contributed by atoms with Crippen LogP contribution in [0, 0.1) is 0 Å². The largest absolute Gasteiger partial charge is 0.497 e. The molecule has 0 radical (unpaired) electrons. The summed E-state index contributed by atoms with van der Waals surface area (Å²) in [7, 11) is 4.78. The molecule has 6 nitrogen and oxygen atoms in total. The summed E-state index contributed by atoms with van der Waals surface area (Å²) < 4.78 is 15.6. The molecule has 3 rings (SSSR count). The van der Waals surface area contributed by atoms with E-state index in [-0.39, 0.29) is 5.91 Å². The molecule has 0 atom stereocenters. The van der Waals surface area contributed by atoms with Crippen molar-refractivity contribution in [3.63, 3.8) is 0 Å². The number of aryl methyl sites for hydroxylation is 1. The predicted octanol–water partition coefficient (Wildman–Crippen LogP) is 4.41. The maximum absolute atomic E-state index is 12.3. The number of aromatic nitrogens is 1. The highest BCUT2D eigenvalue weighted by atomic mass is 32.1. The Hall–Kier alpha value is -3.06. The van der Waals surface area contributed by atoms with Crippen LogP contribution >= 0.6 is 11.3 Å². The number of ether oxygens (including phenoxy) is 3. The Morgan fingerprint density at radius 3 is 2.39 bits per heavy atom. The lowest BCUT2D eigenvalue weighted by Gasteiger charge is -2.11. The van der Waals surface area contributed by atoms with E-state index < -0.39 is 0 Å². The van der Waals surface area contributed by atoms with E-state index >= 15 is 0 Å². The third kappa shape index (κ3) is 4.80. The van der Waals surface area contributed by atoms with Gasteiger partial charge in [-0.3, -0.25) is 4.79 Å². The molecular weight excluding hydrogens is 376 g/mol. The van der Waals surface area contributed by atoms with Gasteiger partial charge in [-0.15, -0.1) is 11.3 Å². The van der Waals surface area contributed by atoms with Crippen LogP contribution in [0.4, 0.5) is 5.69 Å². The Labute approximate surface area is 168 Å². The first-order valence-electron chi connectivity index (χ1n) is 8.73. The van der Waals surface area contributed by atoms with Crippen molar-refractivity contribution in [2.75, 3.05) is 26.6 Å². The van der Waals surface area contributed by atoms with Crippen LogP contribution in [-0.2, 0) is 11.2 Å². The predicted molar refractivity (Wildman–Crippen MR) is 111 cm³/mol. The van der Waals surface area contributed by atoms with Gasteiger partial charge in [0.1, 0.15) is 17.2 Å². The van der Waals surface area contributed by atoms with E-state index in [9.17, 15) is 4.79 Å². The van der Waals surface area contributed by atoms with Crippen molar-refractivity contribution in [1.29, 1.82) is 0 Å². The number of rotatable bonds is 8. The smallest absolute Gasteiger partial charge is 0.224 e. The van der Waals surface area contributed by atoms with E-state index in [1.165, 1.54) is 0 Å². The lowest BCUT2D eigenvalue weighted by molar-refractivity contribution is -0.116. The lowest BCUT2D eigenvalue weighted by Crippen LogP contribution is -2.13. The summed E-state index contributed by atoms with van der Waals surface area (Å²) >= 11 is 1.55. The van der Waals surface area contributed by atoms with E-state index in [0.29, 0.717) is 30.0 Å². The second-order valence-corrected chi connectivity index (χ2v) is 6.91. The van der Waals surface area contributed by atoms with E-state index in [1.54, 1.807) is 50.9 Å². The minimum atomic E-state index is -0.0929. The quantitative estimate of drug-likeness (QED) is 0.609. The minimum absolute atomic E-state index is 0.0929. The maximum Gasteiger partial charge on any atom is 0.224 e. The van der Waals surface area contributed by atoms with Crippen molar-refractivity contribution >= 4 is 22.9 Å². The van der Waals surface area contributed by atoms with Gasteiger partial charge < -0.3 is 19.5 Å². The number of thiazole rings is 1. The van der Waals surface area contributed by atoms with E-state index in [1.807, 2.05) is 29.6 Å². The standard InChI is InChI=1S/C21H22N2O4S/c1-25-15-6-4-14(5-7-15)18-13-28-21(23-18)11-10-20(24)22-17-9-8-16(26-2)12-19(17)27-3/h4-9,12-13H,10-11H2,1-3H3,(H,22,24). The Kier molecular flexibility index (Phi) is 6.49. The fraction of sp³-hybridized carbons (Fsp3) is 0.238. The van der Waals surface area contributed by atoms with Gasteiger partial charge in [-0.25, -0.2) is 4.98 Å². The SMILES string of the molecule is COc1ccc(-c2csc(CCC(=O)Nc3ccc(OC)cc3OC)n2)cc1. The highest BCUT2D eigenvalue weighted by molar-refractivity contribution is 7.09. The van der Waals surface area contributed by atoms with E-state index in [0.717, 1.165) is 22.0 Å². The van der Waals surface area contributed by atoms with Crippen LogP contribution in [0.3, 0.4) is 0 Å². The normalized spacial score (nSPS) is 10.4. The van der Waals surface area contributed by atoms with Crippen molar-refractivity contribution in [2.45, 2.75) is 12.8 Å². The lowest BCUT2D eigenvalue weighted by atomic mass is 10.2. The van der Waals surface area contributed by atoms with Crippen LogP contribution in [0.5, 0.6) is 17.2 Å². The first kappa shape index (κ1) is 19.7. The molecule has 0 saturated heterocycles. The van der Waals surface area contributed by atoms with Crippen molar-refractivity contribution in [1.82, 2.24) is 4.98 Å². The van der Waals surface area contributed by atoms with Gasteiger partial charge in [-0.2, -0.15) is 0 Å². The average molecular weight is 398 g/mol. The highest BCUT2D eigenvalue weighted by Crippen LogP contribution is 2.29. The molecule has 146 valence electrons. The van der Waals surface area contributed by atoms with E-state index in [2.05, 4.69) is 10.3 Å². The Morgan fingerprint density at radius 1 is 1.00 bits per heavy atom. The molecule has 1 N–H and O–H groups in total. The molecule has 0 saturated carbocycles. The molecule has 0 fully saturated rings. The van der Waals surface area contributed by atoms with Crippen LogP contribution in [0.1, 0.15) is 11.4 Å². The van der Waals surface area contributed by atoms with Crippen LogP contribution in [0.2, 0.25) is 0 Å². The van der Waals surface area contributed by atoms with Gasteiger partial charge in [0.25, 0.3) is 0 Å². The molecule has 0 unspecified atom stereocenters. The summed E-state index contributed by atoms with van der Waals surface area (Å²) in [6, 6.07) is 13.0. The van der Waals surface area contributed by atoms with Gasteiger partial charge in [0.2, 0.25) is 5.91 Å². The summed E-state index contributed by atoms with van der Waals surface area (Å²) in [4.78, 5) is 16.9. The monoisotopic (exact) mass is 398 g/mol. The molecule has 0 aliphatic heterocycles. The number of methoxy groups -OCH3 is 3. The molecule has 0 spiro atoms. The second kappa shape index (κ2) is 9.23. The van der Waals surface area contributed by atoms with Crippen molar-refractivity contribution in [3.8, 4) is 28.5 Å². The molecular formula is C21H22N2O4S. The summed E-state index contributed by atoms with van der Waals surface area (Å²) in [6.07, 6.45) is 0.913. The van der Waals surface area contributed by atoms with Gasteiger partial charge in [-0.1, -0.05) is 0 Å². The molecule has 3 aromatic rings. The molecule has 0 aliphatic carbocycles. The number of nitrogens with zero attached hydrogens (tertiary/aromatic N) is 1. The van der Waals surface area contributed by atoms with E-state index in [4.69, 9.17) is 14.2 Å². The molecule has 1 aromatic heterocycles.